The first-order valence-corrected chi connectivity index (χ1v) is 11.3. The van der Waals surface area contributed by atoms with Crippen LogP contribution in [0.1, 0.15) is 66.2 Å². The molecule has 0 spiro atoms. The number of nitrogens with one attached hydrogen (secondary N) is 1. The van der Waals surface area contributed by atoms with Crippen molar-refractivity contribution >= 4 is 23.7 Å². The van der Waals surface area contributed by atoms with E-state index < -0.39 is 12.0 Å². The number of amides is 3. The predicted molar refractivity (Wildman–Crippen MR) is 111 cm³/mol. The van der Waals surface area contributed by atoms with E-state index in [4.69, 9.17) is 4.74 Å². The standard InChI is InChI=1S/C24H28N2O5/c1-14(25-23(30)24-11-15-8-16(12-24)10-17(9-15)13-24)22(29)31-7-6-26-20(27)18-4-2-3-5-19(18)21(26)28/h2-5,14-17H,6-13H2,1H3,(H,25,30)/t14-,15?,16?,17?,24?/m0/s1. The highest BCUT2D eigenvalue weighted by Gasteiger charge is 2.54. The number of hydrogen-bond acceptors (Lipinski definition) is 5. The highest BCUT2D eigenvalue weighted by Crippen LogP contribution is 2.60. The third-order valence-electron chi connectivity index (χ3n) is 7.66. The molecule has 31 heavy (non-hydrogen) atoms. The van der Waals surface area contributed by atoms with Crippen molar-refractivity contribution in [1.29, 1.82) is 0 Å². The van der Waals surface area contributed by atoms with E-state index in [9.17, 15) is 19.2 Å². The van der Waals surface area contributed by atoms with E-state index in [1.807, 2.05) is 0 Å². The molecule has 7 nitrogen and oxygen atoms in total. The third kappa shape index (κ3) is 3.44. The normalized spacial score (nSPS) is 31.5. The van der Waals surface area contributed by atoms with E-state index in [2.05, 4.69) is 5.32 Å². The zero-order chi connectivity index (χ0) is 21.8. The summed E-state index contributed by atoms with van der Waals surface area (Å²) < 4.78 is 5.28. The molecule has 0 radical (unpaired) electrons. The van der Waals surface area contributed by atoms with Crippen LogP contribution in [0.5, 0.6) is 0 Å². The molecule has 0 unspecified atom stereocenters. The lowest BCUT2D eigenvalue weighted by Crippen LogP contribution is -2.56. The van der Waals surface area contributed by atoms with Crippen LogP contribution in [-0.4, -0.2) is 47.8 Å². The van der Waals surface area contributed by atoms with Gasteiger partial charge >= 0.3 is 5.97 Å². The Morgan fingerprint density at radius 2 is 1.55 bits per heavy atom. The molecule has 1 aromatic rings. The van der Waals surface area contributed by atoms with Gasteiger partial charge in [0, 0.05) is 5.41 Å². The average molecular weight is 424 g/mol. The van der Waals surface area contributed by atoms with Crippen molar-refractivity contribution in [3.05, 3.63) is 35.4 Å². The van der Waals surface area contributed by atoms with Crippen LogP contribution in [0.2, 0.25) is 0 Å². The Balaban J connectivity index is 1.13. The van der Waals surface area contributed by atoms with Gasteiger partial charge < -0.3 is 10.1 Å². The van der Waals surface area contributed by atoms with Crippen LogP contribution in [-0.2, 0) is 14.3 Å². The minimum Gasteiger partial charge on any atom is -0.462 e. The van der Waals surface area contributed by atoms with Gasteiger partial charge in [0.1, 0.15) is 12.6 Å². The van der Waals surface area contributed by atoms with E-state index in [1.165, 1.54) is 19.3 Å². The fraction of sp³-hybridized carbons (Fsp3) is 0.583. The number of carbonyl (C=O) groups excluding carboxylic acids is 4. The van der Waals surface area contributed by atoms with Gasteiger partial charge in [0.15, 0.2) is 0 Å². The predicted octanol–water partition coefficient (Wildman–Crippen LogP) is 2.55. The van der Waals surface area contributed by atoms with Gasteiger partial charge in [0.25, 0.3) is 11.8 Å². The summed E-state index contributed by atoms with van der Waals surface area (Å²) >= 11 is 0. The highest BCUT2D eigenvalue weighted by atomic mass is 16.5. The Morgan fingerprint density at radius 1 is 1.03 bits per heavy atom. The number of carbonyl (C=O) groups is 4. The number of esters is 1. The largest absolute Gasteiger partial charge is 0.462 e. The van der Waals surface area contributed by atoms with Crippen LogP contribution in [0.3, 0.4) is 0 Å². The molecule has 0 saturated heterocycles. The lowest BCUT2D eigenvalue weighted by atomic mass is 9.49. The lowest BCUT2D eigenvalue weighted by Gasteiger charge is -2.55. The van der Waals surface area contributed by atoms with Crippen molar-refractivity contribution in [1.82, 2.24) is 10.2 Å². The highest BCUT2D eigenvalue weighted by molar-refractivity contribution is 6.21. The van der Waals surface area contributed by atoms with Crippen LogP contribution >= 0.6 is 0 Å². The van der Waals surface area contributed by atoms with Crippen molar-refractivity contribution in [2.75, 3.05) is 13.2 Å². The molecule has 1 atom stereocenters. The summed E-state index contributed by atoms with van der Waals surface area (Å²) in [5.41, 5.74) is 0.425. The number of fused-ring (bicyclic) bond motifs is 1. The van der Waals surface area contributed by atoms with Crippen LogP contribution < -0.4 is 5.32 Å². The molecule has 7 heteroatoms. The van der Waals surface area contributed by atoms with Crippen molar-refractivity contribution in [2.24, 2.45) is 23.2 Å². The number of rotatable bonds is 6. The first-order chi connectivity index (χ1) is 14.9. The second-order valence-electron chi connectivity index (χ2n) is 9.87. The van der Waals surface area contributed by atoms with E-state index in [-0.39, 0.29) is 36.3 Å². The SMILES string of the molecule is C[C@H](NC(=O)C12CC3CC(CC(C3)C1)C2)C(=O)OCCN1C(=O)c2ccccc2C1=O. The van der Waals surface area contributed by atoms with Gasteiger partial charge in [-0.1, -0.05) is 12.1 Å². The topological polar surface area (TPSA) is 92.8 Å². The smallest absolute Gasteiger partial charge is 0.328 e. The summed E-state index contributed by atoms with van der Waals surface area (Å²) in [6.45, 7) is 1.53. The summed E-state index contributed by atoms with van der Waals surface area (Å²) in [5, 5.41) is 2.89. The second kappa shape index (κ2) is 7.46. The van der Waals surface area contributed by atoms with Crippen LogP contribution in [0.15, 0.2) is 24.3 Å². The van der Waals surface area contributed by atoms with Crippen molar-refractivity contribution in [3.8, 4) is 0 Å². The molecule has 4 fully saturated rings. The zero-order valence-corrected chi connectivity index (χ0v) is 17.8. The summed E-state index contributed by atoms with van der Waals surface area (Å²) in [6.07, 6.45) is 6.57. The molecule has 0 aromatic heterocycles. The van der Waals surface area contributed by atoms with Gasteiger partial charge in [-0.3, -0.25) is 19.3 Å². The summed E-state index contributed by atoms with van der Waals surface area (Å²) in [6, 6.07) is 5.89. The summed E-state index contributed by atoms with van der Waals surface area (Å²) in [7, 11) is 0. The van der Waals surface area contributed by atoms with E-state index in [1.54, 1.807) is 31.2 Å². The van der Waals surface area contributed by atoms with Gasteiger partial charge in [-0.05, 0) is 75.3 Å². The molecular formula is C24H28N2O5. The maximum atomic E-state index is 13.1. The van der Waals surface area contributed by atoms with Gasteiger partial charge in [-0.15, -0.1) is 0 Å². The van der Waals surface area contributed by atoms with Gasteiger partial charge in [-0.25, -0.2) is 4.79 Å². The van der Waals surface area contributed by atoms with Gasteiger partial charge in [0.2, 0.25) is 5.91 Å². The maximum Gasteiger partial charge on any atom is 0.328 e. The number of hydrogen-bond donors (Lipinski definition) is 1. The molecule has 4 aliphatic carbocycles. The molecule has 1 heterocycles. The zero-order valence-electron chi connectivity index (χ0n) is 17.8. The van der Waals surface area contributed by atoms with Gasteiger partial charge in [-0.2, -0.15) is 0 Å². The first-order valence-electron chi connectivity index (χ1n) is 11.3. The Hall–Kier alpha value is -2.70. The van der Waals surface area contributed by atoms with E-state index in [0.29, 0.717) is 28.9 Å². The van der Waals surface area contributed by atoms with Crippen LogP contribution in [0, 0.1) is 23.2 Å². The molecule has 4 bridgehead atoms. The number of ether oxygens (including phenoxy) is 1. The molecule has 6 rings (SSSR count). The Bertz CT molecular complexity index is 885. The molecule has 1 N–H and O–H groups in total. The molecular weight excluding hydrogens is 396 g/mol. The minimum atomic E-state index is -0.761. The molecule has 4 saturated carbocycles. The Morgan fingerprint density at radius 3 is 2.06 bits per heavy atom. The van der Waals surface area contributed by atoms with Crippen molar-refractivity contribution in [2.45, 2.75) is 51.5 Å². The van der Waals surface area contributed by atoms with Crippen molar-refractivity contribution < 1.29 is 23.9 Å². The molecule has 3 amide bonds. The quantitative estimate of drug-likeness (QED) is 0.560. The minimum absolute atomic E-state index is 0.00622. The van der Waals surface area contributed by atoms with Crippen LogP contribution in [0.25, 0.3) is 0 Å². The van der Waals surface area contributed by atoms with E-state index in [0.717, 1.165) is 24.2 Å². The van der Waals surface area contributed by atoms with Crippen LogP contribution in [0.4, 0.5) is 0 Å². The number of imide groups is 1. The van der Waals surface area contributed by atoms with E-state index >= 15 is 0 Å². The summed E-state index contributed by atoms with van der Waals surface area (Å²) in [5.74, 6) is 0.641. The monoisotopic (exact) mass is 424 g/mol. The fourth-order valence-corrected chi connectivity index (χ4v) is 6.60. The molecule has 5 aliphatic rings. The number of benzene rings is 1. The molecule has 1 aromatic carbocycles. The average Bonchev–Trinajstić information content (AvgIpc) is 2.97. The van der Waals surface area contributed by atoms with Gasteiger partial charge in [0.05, 0.1) is 17.7 Å². The Kier molecular flexibility index (Phi) is 4.87. The lowest BCUT2D eigenvalue weighted by molar-refractivity contribution is -0.153. The second-order valence-corrected chi connectivity index (χ2v) is 9.87. The molecule has 164 valence electrons. The maximum absolute atomic E-state index is 13.1. The molecule has 1 aliphatic heterocycles. The van der Waals surface area contributed by atoms with Crippen molar-refractivity contribution in [3.63, 3.8) is 0 Å². The fourth-order valence-electron chi connectivity index (χ4n) is 6.60. The Labute approximate surface area is 181 Å². The number of nitrogens with zero attached hydrogens (tertiary/aromatic N) is 1. The first kappa shape index (κ1) is 20.2. The summed E-state index contributed by atoms with van der Waals surface area (Å²) in [4.78, 5) is 51.4. The third-order valence-corrected chi connectivity index (χ3v) is 7.66.